The number of aliphatic hydroxyl groups is 1. The second-order valence-electron chi connectivity index (χ2n) is 9.75. The first-order chi connectivity index (χ1) is 18.2. The van der Waals surface area contributed by atoms with E-state index >= 15 is 0 Å². The Morgan fingerprint density at radius 1 is 1.13 bits per heavy atom. The molecule has 1 aromatic heterocycles. The number of aromatic nitrogens is 3. The van der Waals surface area contributed by atoms with E-state index in [4.69, 9.17) is 9.47 Å². The minimum Gasteiger partial charge on any atom is -0.545 e. The van der Waals surface area contributed by atoms with Gasteiger partial charge in [0.15, 0.2) is 6.29 Å². The zero-order valence-corrected chi connectivity index (χ0v) is 23.6. The van der Waals surface area contributed by atoms with Gasteiger partial charge in [0.05, 0.1) is 25.7 Å². The van der Waals surface area contributed by atoms with Gasteiger partial charge >= 0.3 is 29.6 Å². The van der Waals surface area contributed by atoms with Crippen molar-refractivity contribution in [3.63, 3.8) is 0 Å². The minimum absolute atomic E-state index is 0. The molecule has 1 aliphatic rings. The first kappa shape index (κ1) is 29.3. The third-order valence-electron chi connectivity index (χ3n) is 7.11. The van der Waals surface area contributed by atoms with Gasteiger partial charge < -0.3 is 24.5 Å². The fourth-order valence-corrected chi connectivity index (χ4v) is 5.01. The molecular formula is C28H26F2N3NaO5. The van der Waals surface area contributed by atoms with Crippen LogP contribution in [0.5, 0.6) is 0 Å². The molecule has 8 nitrogen and oxygen atoms in total. The molecule has 1 aliphatic heterocycles. The van der Waals surface area contributed by atoms with Crippen LogP contribution in [-0.2, 0) is 21.6 Å². The molecule has 0 unspecified atom stereocenters. The summed E-state index contributed by atoms with van der Waals surface area (Å²) in [6, 6.07) is 13.4. The number of nitrogens with zero attached hydrogens (tertiary/aromatic N) is 3. The summed E-state index contributed by atoms with van der Waals surface area (Å²) in [4.78, 5) is 15.0. The fourth-order valence-electron chi connectivity index (χ4n) is 5.01. The van der Waals surface area contributed by atoms with E-state index in [1.165, 1.54) is 29.5 Å². The molecule has 11 heteroatoms. The van der Waals surface area contributed by atoms with Crippen molar-refractivity contribution in [3.05, 3.63) is 95.6 Å². The van der Waals surface area contributed by atoms with Crippen molar-refractivity contribution in [2.45, 2.75) is 31.8 Å². The predicted molar refractivity (Wildman–Crippen MR) is 130 cm³/mol. The second kappa shape index (κ2) is 12.2. The predicted octanol–water partition coefficient (Wildman–Crippen LogP) is 0.353. The van der Waals surface area contributed by atoms with Gasteiger partial charge in [0, 0.05) is 23.1 Å². The van der Waals surface area contributed by atoms with Crippen molar-refractivity contribution in [1.82, 2.24) is 14.8 Å². The standard InChI is InChI=1S/C28H27F2N3O5.Na/c1-17(28(36,14-33-16-31-15-32-33)24-7-6-23(29)11-25(24)30)8-18-12-37-27(38-13-18)22-5-3-19-9-21(26(34)35)4-2-20(19)10-22;/h2-7,9-11,15-18,27,36H,8,12-14H2,1H3,(H,34,35);/q;+1/p-1/t17-,18?,27?,28+;/m0./s1. The van der Waals surface area contributed by atoms with Crippen molar-refractivity contribution < 1.29 is 62.8 Å². The molecule has 1 fully saturated rings. The molecule has 0 bridgehead atoms. The Hall–Kier alpha value is -2.73. The van der Waals surface area contributed by atoms with Crippen LogP contribution in [0.25, 0.3) is 10.8 Å². The van der Waals surface area contributed by atoms with Gasteiger partial charge in [-0.1, -0.05) is 37.3 Å². The maximum absolute atomic E-state index is 14.8. The average Bonchev–Trinajstić information content (AvgIpc) is 3.41. The molecule has 3 aromatic carbocycles. The molecule has 1 saturated heterocycles. The van der Waals surface area contributed by atoms with Crippen molar-refractivity contribution >= 4 is 16.7 Å². The zero-order valence-electron chi connectivity index (χ0n) is 21.6. The number of benzene rings is 3. The van der Waals surface area contributed by atoms with Gasteiger partial charge in [-0.05, 0) is 46.9 Å². The SMILES string of the molecule is C[C@@H](CC1COC(c2ccc3cc(C(=O)[O-])ccc3c2)OC1)[C@](O)(Cn1cncn1)c1ccc(F)cc1F.[Na+]. The summed E-state index contributed by atoms with van der Waals surface area (Å²) >= 11 is 0. The summed E-state index contributed by atoms with van der Waals surface area (Å²) in [5.41, 5.74) is -0.807. The summed E-state index contributed by atoms with van der Waals surface area (Å²) < 4.78 is 41.8. The zero-order chi connectivity index (χ0) is 26.9. The van der Waals surface area contributed by atoms with Gasteiger partial charge in [-0.15, -0.1) is 0 Å². The maximum Gasteiger partial charge on any atom is 1.00 e. The number of aromatic carboxylic acids is 1. The Morgan fingerprint density at radius 2 is 1.85 bits per heavy atom. The average molecular weight is 546 g/mol. The summed E-state index contributed by atoms with van der Waals surface area (Å²) in [7, 11) is 0. The smallest absolute Gasteiger partial charge is 0.545 e. The Morgan fingerprint density at radius 3 is 2.51 bits per heavy atom. The number of carboxylic acid groups (broad SMARTS) is 1. The van der Waals surface area contributed by atoms with Crippen molar-refractivity contribution in [2.24, 2.45) is 11.8 Å². The number of carbonyl (C=O) groups excluding carboxylic acids is 1. The molecular weight excluding hydrogens is 519 g/mol. The molecule has 5 rings (SSSR count). The van der Waals surface area contributed by atoms with Crippen LogP contribution in [0.2, 0.25) is 0 Å². The molecule has 2 atom stereocenters. The minimum atomic E-state index is -1.69. The van der Waals surface area contributed by atoms with E-state index in [1.807, 2.05) is 12.1 Å². The normalized spacial score (nSPS) is 19.7. The largest absolute Gasteiger partial charge is 1.00 e. The van der Waals surface area contributed by atoms with Crippen molar-refractivity contribution in [1.29, 1.82) is 0 Å². The number of hydrogen-bond acceptors (Lipinski definition) is 7. The molecule has 0 saturated carbocycles. The molecule has 39 heavy (non-hydrogen) atoms. The van der Waals surface area contributed by atoms with Gasteiger partial charge in [0.2, 0.25) is 0 Å². The molecule has 0 spiro atoms. The second-order valence-corrected chi connectivity index (χ2v) is 9.75. The summed E-state index contributed by atoms with van der Waals surface area (Å²) in [6.07, 6.45) is 2.59. The number of hydrogen-bond donors (Lipinski definition) is 1. The van der Waals surface area contributed by atoms with Crippen LogP contribution in [-0.4, -0.2) is 39.1 Å². The number of fused-ring (bicyclic) bond motifs is 1. The first-order valence-electron chi connectivity index (χ1n) is 12.2. The number of carboxylic acids is 1. The van der Waals surface area contributed by atoms with E-state index in [0.717, 1.165) is 28.5 Å². The third-order valence-corrected chi connectivity index (χ3v) is 7.11. The van der Waals surface area contributed by atoms with E-state index < -0.39 is 35.4 Å². The first-order valence-corrected chi connectivity index (χ1v) is 12.2. The van der Waals surface area contributed by atoms with Gasteiger partial charge in [0.25, 0.3) is 0 Å². The molecule has 1 N–H and O–H groups in total. The summed E-state index contributed by atoms with van der Waals surface area (Å²) in [5, 5.41) is 28.5. The van der Waals surface area contributed by atoms with Crippen LogP contribution >= 0.6 is 0 Å². The van der Waals surface area contributed by atoms with Crippen LogP contribution in [0.4, 0.5) is 8.78 Å². The maximum atomic E-state index is 14.8. The Balaban J connectivity index is 0.00000353. The monoisotopic (exact) mass is 545 g/mol. The van der Waals surface area contributed by atoms with Gasteiger partial charge in [-0.25, -0.2) is 18.4 Å². The van der Waals surface area contributed by atoms with E-state index in [1.54, 1.807) is 25.1 Å². The molecule has 0 radical (unpaired) electrons. The van der Waals surface area contributed by atoms with E-state index in [0.29, 0.717) is 19.6 Å². The quantitative estimate of drug-likeness (QED) is 0.319. The van der Waals surface area contributed by atoms with Crippen LogP contribution in [0, 0.1) is 23.5 Å². The van der Waals surface area contributed by atoms with E-state index in [9.17, 15) is 23.8 Å². The molecule has 0 amide bonds. The van der Waals surface area contributed by atoms with E-state index in [2.05, 4.69) is 10.1 Å². The number of rotatable bonds is 8. The number of carbonyl (C=O) groups is 1. The summed E-state index contributed by atoms with van der Waals surface area (Å²) in [6.45, 7) is 2.44. The van der Waals surface area contributed by atoms with Crippen LogP contribution in [0.1, 0.15) is 41.1 Å². The van der Waals surface area contributed by atoms with Crippen LogP contribution < -0.4 is 34.7 Å². The molecule has 198 valence electrons. The Labute approximate surface area is 245 Å². The van der Waals surface area contributed by atoms with Crippen molar-refractivity contribution in [3.8, 4) is 0 Å². The Kier molecular flexibility index (Phi) is 9.15. The molecule has 4 aromatic rings. The third kappa shape index (κ3) is 6.37. The fraction of sp³-hybridized carbons (Fsp3) is 0.321. The number of halogens is 2. The summed E-state index contributed by atoms with van der Waals surface area (Å²) in [5.74, 6) is -3.35. The molecule has 2 heterocycles. The van der Waals surface area contributed by atoms with Gasteiger partial charge in [-0.2, -0.15) is 5.10 Å². The topological polar surface area (TPSA) is 110 Å². The van der Waals surface area contributed by atoms with Crippen LogP contribution in [0.15, 0.2) is 67.3 Å². The Bertz CT molecular complexity index is 1450. The molecule has 0 aliphatic carbocycles. The van der Waals surface area contributed by atoms with Gasteiger partial charge in [0.1, 0.15) is 29.9 Å². The van der Waals surface area contributed by atoms with Crippen molar-refractivity contribution in [2.75, 3.05) is 13.2 Å². The number of ether oxygens (including phenoxy) is 2. The van der Waals surface area contributed by atoms with Gasteiger partial charge in [-0.3, -0.25) is 0 Å². The van der Waals surface area contributed by atoms with Crippen LogP contribution in [0.3, 0.4) is 0 Å². The van der Waals surface area contributed by atoms with E-state index in [-0.39, 0.29) is 53.1 Å².